The van der Waals surface area contributed by atoms with Crippen LogP contribution in [-0.2, 0) is 17.9 Å². The zero-order valence-electron chi connectivity index (χ0n) is 11.0. The van der Waals surface area contributed by atoms with Gasteiger partial charge in [0.25, 0.3) is 0 Å². The Morgan fingerprint density at radius 3 is 3.11 bits per heavy atom. The molecule has 2 aromatic rings. The first-order valence-electron chi connectivity index (χ1n) is 6.00. The average molecular weight is 249 g/mol. The summed E-state index contributed by atoms with van der Waals surface area (Å²) >= 11 is 0. The van der Waals surface area contributed by atoms with E-state index in [1.807, 2.05) is 25.4 Å². The molecule has 5 heteroatoms. The van der Waals surface area contributed by atoms with E-state index in [-0.39, 0.29) is 0 Å². The van der Waals surface area contributed by atoms with Gasteiger partial charge in [-0.3, -0.25) is 0 Å². The monoisotopic (exact) mass is 249 g/mol. The van der Waals surface area contributed by atoms with E-state index in [1.54, 1.807) is 7.11 Å². The van der Waals surface area contributed by atoms with Crippen molar-refractivity contribution in [2.24, 2.45) is 0 Å². The summed E-state index contributed by atoms with van der Waals surface area (Å²) in [6.07, 6.45) is 2.05. The molecule has 0 aromatic carbocycles. The smallest absolute Gasteiger partial charge is 0.162 e. The van der Waals surface area contributed by atoms with Gasteiger partial charge in [-0.15, -0.1) is 0 Å². The highest BCUT2D eigenvalue weighted by atomic mass is 16.5. The van der Waals surface area contributed by atoms with Crippen LogP contribution >= 0.6 is 0 Å². The molecule has 0 radical (unpaired) electrons. The minimum Gasteiger partial charge on any atom is -0.377 e. The molecule has 0 saturated heterocycles. The van der Waals surface area contributed by atoms with E-state index in [9.17, 15) is 0 Å². The Bertz CT molecular complexity index is 490. The van der Waals surface area contributed by atoms with Crippen LogP contribution in [0.5, 0.6) is 0 Å². The zero-order chi connectivity index (χ0) is 13.0. The summed E-state index contributed by atoms with van der Waals surface area (Å²) in [4.78, 5) is 0. The largest absolute Gasteiger partial charge is 0.377 e. The standard InChI is InChI=1S/C13H19N3O2/c1-10(14-2)13-5-4-6-16(13)8-11-7-12(9-17-3)18-15-11/h4-7,10,14H,8-9H2,1-3H3. The van der Waals surface area contributed by atoms with Gasteiger partial charge in [0, 0.05) is 31.1 Å². The topological polar surface area (TPSA) is 52.2 Å². The van der Waals surface area contributed by atoms with Crippen LogP contribution < -0.4 is 5.32 Å². The summed E-state index contributed by atoms with van der Waals surface area (Å²) in [5, 5.41) is 7.27. The first-order chi connectivity index (χ1) is 8.74. The van der Waals surface area contributed by atoms with Gasteiger partial charge in [-0.1, -0.05) is 5.16 Å². The molecule has 5 nitrogen and oxygen atoms in total. The lowest BCUT2D eigenvalue weighted by Gasteiger charge is -2.13. The van der Waals surface area contributed by atoms with Crippen molar-refractivity contribution < 1.29 is 9.26 Å². The maximum Gasteiger partial charge on any atom is 0.162 e. The summed E-state index contributed by atoms with van der Waals surface area (Å²) in [5.41, 5.74) is 2.14. The lowest BCUT2D eigenvalue weighted by atomic mass is 10.2. The number of nitrogens with zero attached hydrogens (tertiary/aromatic N) is 2. The molecular formula is C13H19N3O2. The third-order valence-corrected chi connectivity index (χ3v) is 2.97. The van der Waals surface area contributed by atoms with Gasteiger partial charge in [-0.25, -0.2) is 0 Å². The first kappa shape index (κ1) is 12.9. The number of rotatable bonds is 6. The number of ether oxygens (including phenoxy) is 1. The van der Waals surface area contributed by atoms with Crippen molar-refractivity contribution in [3.8, 4) is 0 Å². The highest BCUT2D eigenvalue weighted by molar-refractivity contribution is 5.14. The third kappa shape index (κ3) is 2.80. The zero-order valence-corrected chi connectivity index (χ0v) is 11.0. The molecule has 2 rings (SSSR count). The highest BCUT2D eigenvalue weighted by Gasteiger charge is 2.10. The van der Waals surface area contributed by atoms with Crippen LogP contribution in [0, 0.1) is 0 Å². The van der Waals surface area contributed by atoms with Crippen LogP contribution in [0.15, 0.2) is 28.9 Å². The second-order valence-corrected chi connectivity index (χ2v) is 4.29. The maximum atomic E-state index is 5.18. The molecule has 0 saturated carbocycles. The number of aromatic nitrogens is 2. The molecule has 1 N–H and O–H groups in total. The van der Waals surface area contributed by atoms with Crippen LogP contribution in [0.3, 0.4) is 0 Å². The van der Waals surface area contributed by atoms with Crippen LogP contribution in [0.1, 0.15) is 30.1 Å². The van der Waals surface area contributed by atoms with Gasteiger partial charge >= 0.3 is 0 Å². The van der Waals surface area contributed by atoms with Crippen molar-refractivity contribution in [2.75, 3.05) is 14.2 Å². The molecular weight excluding hydrogens is 230 g/mol. The quantitative estimate of drug-likeness (QED) is 0.850. The van der Waals surface area contributed by atoms with Gasteiger partial charge in [-0.05, 0) is 26.1 Å². The van der Waals surface area contributed by atoms with Crippen molar-refractivity contribution in [2.45, 2.75) is 26.1 Å². The van der Waals surface area contributed by atoms with Gasteiger partial charge in [0.1, 0.15) is 12.3 Å². The Morgan fingerprint density at radius 2 is 2.39 bits per heavy atom. The molecule has 0 aliphatic rings. The fourth-order valence-corrected chi connectivity index (χ4v) is 1.93. The molecule has 2 aromatic heterocycles. The van der Waals surface area contributed by atoms with Gasteiger partial charge in [0.05, 0.1) is 6.54 Å². The molecule has 0 aliphatic carbocycles. The second-order valence-electron chi connectivity index (χ2n) is 4.29. The number of nitrogens with one attached hydrogen (secondary N) is 1. The second kappa shape index (κ2) is 5.84. The van der Waals surface area contributed by atoms with Crippen molar-refractivity contribution in [1.82, 2.24) is 15.0 Å². The molecule has 2 heterocycles. The normalized spacial score (nSPS) is 12.8. The molecule has 98 valence electrons. The fraction of sp³-hybridized carbons (Fsp3) is 0.462. The molecule has 1 unspecified atom stereocenters. The van der Waals surface area contributed by atoms with Crippen molar-refractivity contribution >= 4 is 0 Å². The molecule has 0 bridgehead atoms. The van der Waals surface area contributed by atoms with Crippen molar-refractivity contribution in [3.63, 3.8) is 0 Å². The van der Waals surface area contributed by atoms with E-state index in [1.165, 1.54) is 5.69 Å². The van der Waals surface area contributed by atoms with Crippen LogP contribution in [0.4, 0.5) is 0 Å². The Morgan fingerprint density at radius 1 is 1.56 bits per heavy atom. The third-order valence-electron chi connectivity index (χ3n) is 2.97. The van der Waals surface area contributed by atoms with E-state index in [0.29, 0.717) is 19.2 Å². The summed E-state index contributed by atoms with van der Waals surface area (Å²) in [6.45, 7) is 3.30. The van der Waals surface area contributed by atoms with Crippen molar-refractivity contribution in [3.05, 3.63) is 41.5 Å². The van der Waals surface area contributed by atoms with Crippen LogP contribution in [0.25, 0.3) is 0 Å². The van der Waals surface area contributed by atoms with Gasteiger partial charge < -0.3 is 19.1 Å². The lowest BCUT2D eigenvalue weighted by Crippen LogP contribution is -2.16. The minimum atomic E-state index is 0.311. The fourth-order valence-electron chi connectivity index (χ4n) is 1.93. The Balaban J connectivity index is 2.10. The first-order valence-corrected chi connectivity index (χ1v) is 6.00. The van der Waals surface area contributed by atoms with E-state index in [4.69, 9.17) is 9.26 Å². The predicted octanol–water partition coefficient (Wildman–Crippen LogP) is 1.95. The highest BCUT2D eigenvalue weighted by Crippen LogP contribution is 2.15. The SMILES string of the molecule is CNC(C)c1cccn1Cc1cc(COC)on1. The minimum absolute atomic E-state index is 0.311. The molecule has 0 fully saturated rings. The number of methoxy groups -OCH3 is 1. The predicted molar refractivity (Wildman–Crippen MR) is 68.2 cm³/mol. The van der Waals surface area contributed by atoms with Gasteiger partial charge in [-0.2, -0.15) is 0 Å². The molecule has 0 amide bonds. The lowest BCUT2D eigenvalue weighted by molar-refractivity contribution is 0.155. The molecule has 0 spiro atoms. The number of hydrogen-bond acceptors (Lipinski definition) is 4. The van der Waals surface area contributed by atoms with Crippen molar-refractivity contribution in [1.29, 1.82) is 0 Å². The van der Waals surface area contributed by atoms with Gasteiger partial charge in [0.2, 0.25) is 0 Å². The average Bonchev–Trinajstić information content (AvgIpc) is 2.99. The Kier molecular flexibility index (Phi) is 4.17. The van der Waals surface area contributed by atoms with E-state index in [0.717, 1.165) is 11.5 Å². The summed E-state index contributed by atoms with van der Waals surface area (Å²) < 4.78 is 12.3. The molecule has 18 heavy (non-hydrogen) atoms. The van der Waals surface area contributed by atoms with Crippen LogP contribution in [0.2, 0.25) is 0 Å². The summed E-state index contributed by atoms with van der Waals surface area (Å²) in [6, 6.07) is 6.39. The Hall–Kier alpha value is -1.59. The van der Waals surface area contributed by atoms with E-state index < -0.39 is 0 Å². The summed E-state index contributed by atoms with van der Waals surface area (Å²) in [5.74, 6) is 0.753. The summed E-state index contributed by atoms with van der Waals surface area (Å²) in [7, 11) is 3.59. The molecule has 0 aliphatic heterocycles. The van der Waals surface area contributed by atoms with Gasteiger partial charge in [0.15, 0.2) is 5.76 Å². The van der Waals surface area contributed by atoms with E-state index >= 15 is 0 Å². The van der Waals surface area contributed by atoms with E-state index in [2.05, 4.69) is 28.0 Å². The maximum absolute atomic E-state index is 5.18. The number of hydrogen-bond donors (Lipinski definition) is 1. The molecule has 1 atom stereocenters. The Labute approximate surface area is 107 Å². The van der Waals surface area contributed by atoms with Crippen LogP contribution in [-0.4, -0.2) is 23.9 Å².